The first-order valence-corrected chi connectivity index (χ1v) is 5.74. The highest BCUT2D eigenvalue weighted by Gasteiger charge is 2.23. The molecule has 0 saturated heterocycles. The Hall–Kier alpha value is -2.96. The zero-order chi connectivity index (χ0) is 15.9. The van der Waals surface area contributed by atoms with E-state index in [0.717, 1.165) is 6.07 Å². The van der Waals surface area contributed by atoms with Crippen molar-refractivity contribution in [2.75, 3.05) is 0 Å². The van der Waals surface area contributed by atoms with Crippen LogP contribution in [-0.4, -0.2) is 31.3 Å². The molecule has 110 valence electrons. The summed E-state index contributed by atoms with van der Waals surface area (Å²) < 4.78 is 13.4. The molecule has 2 aromatic rings. The number of benzene rings is 2. The summed E-state index contributed by atoms with van der Waals surface area (Å²) >= 11 is 0. The molecule has 0 bridgehead atoms. The molecule has 0 saturated carbocycles. The Bertz CT molecular complexity index is 731. The average Bonchev–Trinajstić information content (AvgIpc) is 2.45. The number of ketones is 1. The Morgan fingerprint density at radius 3 is 2.05 bits per heavy atom. The van der Waals surface area contributed by atoms with Crippen LogP contribution in [0.2, 0.25) is 0 Å². The summed E-state index contributed by atoms with van der Waals surface area (Å²) in [7, 11) is 0. The van der Waals surface area contributed by atoms with Crippen molar-refractivity contribution in [3.05, 3.63) is 40.7 Å². The Kier molecular flexibility index (Phi) is 3.34. The monoisotopic (exact) mass is 294 g/mol. The first kappa shape index (κ1) is 14.4. The maximum absolute atomic E-state index is 13.4. The zero-order valence-electron chi connectivity index (χ0n) is 10.8. The fraction of sp³-hybridized carbons (Fsp3) is 0.0714. The van der Waals surface area contributed by atoms with Gasteiger partial charge in [0, 0.05) is 5.56 Å². The molecule has 0 amide bonds. The number of halogens is 1. The molecule has 0 atom stereocenters. The molecule has 0 aliphatic heterocycles. The smallest absolute Gasteiger partial charge is 0.211 e. The van der Waals surface area contributed by atoms with Crippen molar-refractivity contribution in [1.29, 1.82) is 0 Å². The number of aryl methyl sites for hydroxylation is 1. The first-order valence-electron chi connectivity index (χ1n) is 5.74. The molecule has 0 aromatic heterocycles. The van der Waals surface area contributed by atoms with Crippen LogP contribution in [-0.2, 0) is 0 Å². The summed E-state index contributed by atoms with van der Waals surface area (Å²) in [5, 5.41) is 46.9. The molecule has 2 aromatic carbocycles. The highest BCUT2D eigenvalue weighted by atomic mass is 19.1. The second-order valence-corrected chi connectivity index (χ2v) is 4.44. The van der Waals surface area contributed by atoms with Crippen molar-refractivity contribution in [1.82, 2.24) is 0 Å². The van der Waals surface area contributed by atoms with E-state index in [1.54, 1.807) is 0 Å². The van der Waals surface area contributed by atoms with E-state index in [-0.39, 0.29) is 11.1 Å². The number of phenolic OH excluding ortho intramolecular Hbond substituents is 5. The van der Waals surface area contributed by atoms with Crippen LogP contribution in [0.4, 0.5) is 4.39 Å². The van der Waals surface area contributed by atoms with E-state index >= 15 is 0 Å². The number of rotatable bonds is 2. The Balaban J connectivity index is 2.61. The van der Waals surface area contributed by atoms with Crippen molar-refractivity contribution in [3.63, 3.8) is 0 Å². The summed E-state index contributed by atoms with van der Waals surface area (Å²) in [6.07, 6.45) is 0. The minimum atomic E-state index is -1.53. The van der Waals surface area contributed by atoms with Crippen LogP contribution >= 0.6 is 0 Å². The first-order chi connectivity index (χ1) is 9.73. The second kappa shape index (κ2) is 4.86. The lowest BCUT2D eigenvalue weighted by Crippen LogP contribution is -2.03. The van der Waals surface area contributed by atoms with Gasteiger partial charge < -0.3 is 25.5 Å². The van der Waals surface area contributed by atoms with Crippen LogP contribution in [0.1, 0.15) is 21.5 Å². The number of carbonyl (C=O) groups is 1. The third-order valence-electron chi connectivity index (χ3n) is 2.98. The Morgan fingerprint density at radius 1 is 0.905 bits per heavy atom. The van der Waals surface area contributed by atoms with Gasteiger partial charge in [-0.1, -0.05) is 0 Å². The molecule has 6 nitrogen and oxygen atoms in total. The van der Waals surface area contributed by atoms with Crippen molar-refractivity contribution >= 4 is 5.78 Å². The van der Waals surface area contributed by atoms with Gasteiger partial charge in [0.05, 0.1) is 5.56 Å². The van der Waals surface area contributed by atoms with E-state index in [4.69, 9.17) is 5.11 Å². The van der Waals surface area contributed by atoms with Crippen LogP contribution in [0.5, 0.6) is 28.7 Å². The minimum absolute atomic E-state index is 0.136. The van der Waals surface area contributed by atoms with Gasteiger partial charge in [-0.25, -0.2) is 0 Å². The average molecular weight is 294 g/mol. The van der Waals surface area contributed by atoms with E-state index in [0.29, 0.717) is 6.07 Å². The number of phenols is 5. The molecule has 0 aliphatic rings. The molecule has 0 fully saturated rings. The topological polar surface area (TPSA) is 118 Å². The van der Waals surface area contributed by atoms with Gasteiger partial charge in [0.2, 0.25) is 5.82 Å². The highest BCUT2D eigenvalue weighted by Crippen LogP contribution is 2.38. The van der Waals surface area contributed by atoms with Gasteiger partial charge in [0.15, 0.2) is 34.5 Å². The SMILES string of the molecule is Cc1cc(C(=O)c2cc(O)c(O)c(F)c2O)cc(O)c1O. The summed E-state index contributed by atoms with van der Waals surface area (Å²) in [6, 6.07) is 2.86. The molecular formula is C14H11FO6. The molecule has 21 heavy (non-hydrogen) atoms. The van der Waals surface area contributed by atoms with Crippen molar-refractivity contribution < 1.29 is 34.7 Å². The minimum Gasteiger partial charge on any atom is -0.504 e. The maximum atomic E-state index is 13.4. The van der Waals surface area contributed by atoms with Crippen LogP contribution < -0.4 is 0 Å². The predicted molar refractivity (Wildman–Crippen MR) is 69.3 cm³/mol. The third kappa shape index (κ3) is 2.29. The maximum Gasteiger partial charge on any atom is 0.211 e. The van der Waals surface area contributed by atoms with Crippen molar-refractivity contribution in [3.8, 4) is 28.7 Å². The second-order valence-electron chi connectivity index (χ2n) is 4.44. The van der Waals surface area contributed by atoms with Crippen molar-refractivity contribution in [2.24, 2.45) is 0 Å². The number of hydrogen-bond acceptors (Lipinski definition) is 6. The van der Waals surface area contributed by atoms with Gasteiger partial charge in [-0.3, -0.25) is 4.79 Å². The lowest BCUT2D eigenvalue weighted by Gasteiger charge is -2.09. The molecule has 0 unspecified atom stereocenters. The van der Waals surface area contributed by atoms with E-state index in [2.05, 4.69) is 0 Å². The molecule has 7 heteroatoms. The van der Waals surface area contributed by atoms with E-state index < -0.39 is 45.9 Å². The molecule has 0 spiro atoms. The fourth-order valence-corrected chi connectivity index (χ4v) is 1.84. The van der Waals surface area contributed by atoms with E-state index in [1.165, 1.54) is 13.0 Å². The van der Waals surface area contributed by atoms with Crippen LogP contribution in [0.3, 0.4) is 0 Å². The van der Waals surface area contributed by atoms with Gasteiger partial charge in [0.25, 0.3) is 0 Å². The molecule has 0 heterocycles. The van der Waals surface area contributed by atoms with Crippen LogP contribution in [0, 0.1) is 12.7 Å². The quantitative estimate of drug-likeness (QED) is 0.328. The van der Waals surface area contributed by atoms with Gasteiger partial charge in [-0.05, 0) is 30.7 Å². The van der Waals surface area contributed by atoms with Gasteiger partial charge >= 0.3 is 0 Å². The number of hydrogen-bond donors (Lipinski definition) is 5. The van der Waals surface area contributed by atoms with E-state index in [1.807, 2.05) is 0 Å². The molecule has 5 N–H and O–H groups in total. The lowest BCUT2D eigenvalue weighted by atomic mass is 9.99. The predicted octanol–water partition coefficient (Wildman–Crippen LogP) is 1.89. The normalized spacial score (nSPS) is 10.6. The molecule has 2 rings (SSSR count). The molecule has 0 radical (unpaired) electrons. The van der Waals surface area contributed by atoms with Gasteiger partial charge in [0.1, 0.15) is 0 Å². The van der Waals surface area contributed by atoms with E-state index in [9.17, 15) is 29.6 Å². The lowest BCUT2D eigenvalue weighted by molar-refractivity contribution is 0.103. The zero-order valence-corrected chi connectivity index (χ0v) is 10.8. The standard InChI is InChI=1S/C14H11FO6/c1-5-2-6(3-8(16)11(5)18)12(19)7-4-9(17)14(21)10(15)13(7)20/h2-4,16-18,20-21H,1H3. The molecular weight excluding hydrogens is 283 g/mol. The largest absolute Gasteiger partial charge is 0.504 e. The Morgan fingerprint density at radius 2 is 1.48 bits per heavy atom. The third-order valence-corrected chi connectivity index (χ3v) is 2.98. The summed E-state index contributed by atoms with van der Waals surface area (Å²) in [5.41, 5.74) is -0.531. The Labute approximate surface area is 118 Å². The highest BCUT2D eigenvalue weighted by molar-refractivity contribution is 6.11. The van der Waals surface area contributed by atoms with Gasteiger partial charge in [-0.2, -0.15) is 4.39 Å². The van der Waals surface area contributed by atoms with Crippen LogP contribution in [0.25, 0.3) is 0 Å². The number of carbonyl (C=O) groups excluding carboxylic acids is 1. The summed E-state index contributed by atoms with van der Waals surface area (Å²) in [5.74, 6) is -6.60. The van der Waals surface area contributed by atoms with Crippen LogP contribution in [0.15, 0.2) is 18.2 Å². The number of aromatic hydroxyl groups is 5. The van der Waals surface area contributed by atoms with Crippen molar-refractivity contribution in [2.45, 2.75) is 6.92 Å². The summed E-state index contributed by atoms with van der Waals surface area (Å²) in [4.78, 5) is 12.2. The summed E-state index contributed by atoms with van der Waals surface area (Å²) in [6.45, 7) is 1.43. The fourth-order valence-electron chi connectivity index (χ4n) is 1.84. The molecule has 0 aliphatic carbocycles. The van der Waals surface area contributed by atoms with Gasteiger partial charge in [-0.15, -0.1) is 0 Å².